The van der Waals surface area contributed by atoms with Crippen molar-refractivity contribution in [3.63, 3.8) is 0 Å². The minimum Gasteiger partial charge on any atom is -0.244 e. The molecule has 0 bridgehead atoms. The first-order valence-corrected chi connectivity index (χ1v) is 6.62. The zero-order chi connectivity index (χ0) is 10.8. The number of aryl methyl sites for hydroxylation is 1. The third-order valence-corrected chi connectivity index (χ3v) is 4.17. The van der Waals surface area contributed by atoms with E-state index in [1.807, 2.05) is 6.20 Å². The molecule has 1 aromatic carbocycles. The number of alkyl halides is 1. The van der Waals surface area contributed by atoms with Gasteiger partial charge in [-0.2, -0.15) is 0 Å². The SMILES string of the molecule is Cc1ccc(-c2ncc(CCl)s2)c(Br)c1. The van der Waals surface area contributed by atoms with Crippen LogP contribution in [0.4, 0.5) is 0 Å². The van der Waals surface area contributed by atoms with Crippen molar-refractivity contribution in [2.24, 2.45) is 0 Å². The lowest BCUT2D eigenvalue weighted by molar-refractivity contribution is 1.35. The summed E-state index contributed by atoms with van der Waals surface area (Å²) < 4.78 is 1.08. The molecule has 1 aromatic heterocycles. The fourth-order valence-corrected chi connectivity index (χ4v) is 3.13. The Morgan fingerprint density at radius 3 is 2.87 bits per heavy atom. The van der Waals surface area contributed by atoms with Gasteiger partial charge >= 0.3 is 0 Å². The molecule has 0 aliphatic carbocycles. The van der Waals surface area contributed by atoms with Gasteiger partial charge in [-0.3, -0.25) is 0 Å². The van der Waals surface area contributed by atoms with Gasteiger partial charge in [-0.05, 0) is 18.6 Å². The molecule has 0 unspecified atom stereocenters. The largest absolute Gasteiger partial charge is 0.244 e. The predicted molar refractivity (Wildman–Crippen MR) is 69.5 cm³/mol. The Balaban J connectivity index is 2.44. The Labute approximate surface area is 106 Å². The van der Waals surface area contributed by atoms with Crippen LogP contribution in [0, 0.1) is 6.92 Å². The van der Waals surface area contributed by atoms with Crippen molar-refractivity contribution >= 4 is 38.9 Å². The van der Waals surface area contributed by atoms with E-state index in [1.165, 1.54) is 5.56 Å². The highest BCUT2D eigenvalue weighted by Crippen LogP contribution is 2.32. The van der Waals surface area contributed by atoms with Crippen molar-refractivity contribution in [2.75, 3.05) is 0 Å². The molecule has 0 radical (unpaired) electrons. The van der Waals surface area contributed by atoms with Crippen LogP contribution < -0.4 is 0 Å². The molecule has 0 aliphatic rings. The number of aromatic nitrogens is 1. The quantitative estimate of drug-likeness (QED) is 0.738. The molecular weight excluding hydrogens is 294 g/mol. The number of rotatable bonds is 2. The molecule has 0 aliphatic heterocycles. The van der Waals surface area contributed by atoms with Crippen LogP contribution in [0.2, 0.25) is 0 Å². The third kappa shape index (κ3) is 2.41. The summed E-state index contributed by atoms with van der Waals surface area (Å²) in [5.41, 5.74) is 2.36. The summed E-state index contributed by atoms with van der Waals surface area (Å²) in [5, 5.41) is 1.01. The van der Waals surface area contributed by atoms with Crippen LogP contribution in [-0.2, 0) is 5.88 Å². The lowest BCUT2D eigenvalue weighted by Crippen LogP contribution is -1.79. The Bertz CT molecular complexity index is 481. The summed E-state index contributed by atoms with van der Waals surface area (Å²) in [6.07, 6.45) is 1.83. The standard InChI is InChI=1S/C11H9BrClNS/c1-7-2-3-9(10(12)4-7)11-14-6-8(5-13)15-11/h2-4,6H,5H2,1H3. The smallest absolute Gasteiger partial charge is 0.124 e. The first-order valence-electron chi connectivity index (χ1n) is 4.48. The maximum absolute atomic E-state index is 5.75. The van der Waals surface area contributed by atoms with E-state index in [-0.39, 0.29) is 0 Å². The fraction of sp³-hybridized carbons (Fsp3) is 0.182. The highest BCUT2D eigenvalue weighted by Gasteiger charge is 2.07. The van der Waals surface area contributed by atoms with Crippen LogP contribution in [0.25, 0.3) is 10.6 Å². The van der Waals surface area contributed by atoms with Gasteiger partial charge in [-0.1, -0.05) is 28.1 Å². The number of nitrogens with zero attached hydrogens (tertiary/aromatic N) is 1. The molecule has 15 heavy (non-hydrogen) atoms. The van der Waals surface area contributed by atoms with Crippen molar-refractivity contribution in [2.45, 2.75) is 12.8 Å². The Kier molecular flexibility index (Phi) is 3.44. The summed E-state index contributed by atoms with van der Waals surface area (Å²) in [6, 6.07) is 6.26. The zero-order valence-electron chi connectivity index (χ0n) is 8.13. The van der Waals surface area contributed by atoms with Crippen LogP contribution in [0.15, 0.2) is 28.9 Å². The van der Waals surface area contributed by atoms with Gasteiger partial charge < -0.3 is 0 Å². The van der Waals surface area contributed by atoms with Gasteiger partial charge in [0.1, 0.15) is 5.01 Å². The maximum Gasteiger partial charge on any atom is 0.124 e. The van der Waals surface area contributed by atoms with Gasteiger partial charge in [0.2, 0.25) is 0 Å². The zero-order valence-corrected chi connectivity index (χ0v) is 11.3. The van der Waals surface area contributed by atoms with Crippen molar-refractivity contribution in [3.8, 4) is 10.6 Å². The molecule has 0 atom stereocenters. The van der Waals surface area contributed by atoms with Crippen molar-refractivity contribution in [1.82, 2.24) is 4.98 Å². The summed E-state index contributed by atoms with van der Waals surface area (Å²) in [6.45, 7) is 2.07. The van der Waals surface area contributed by atoms with Crippen LogP contribution in [0.5, 0.6) is 0 Å². The maximum atomic E-state index is 5.75. The van der Waals surface area contributed by atoms with Crippen LogP contribution >= 0.6 is 38.9 Å². The first-order chi connectivity index (χ1) is 7.20. The number of hydrogen-bond acceptors (Lipinski definition) is 2. The summed E-state index contributed by atoms with van der Waals surface area (Å²) in [5.74, 6) is 0.529. The van der Waals surface area contributed by atoms with Gasteiger partial charge in [0.15, 0.2) is 0 Å². The average Bonchev–Trinajstić information content (AvgIpc) is 2.66. The highest BCUT2D eigenvalue weighted by molar-refractivity contribution is 9.10. The molecule has 4 heteroatoms. The predicted octanol–water partition coefficient (Wildman–Crippen LogP) is 4.62. The number of hydrogen-bond donors (Lipinski definition) is 0. The lowest BCUT2D eigenvalue weighted by Gasteiger charge is -2.01. The van der Waals surface area contributed by atoms with E-state index < -0.39 is 0 Å². The Hall–Kier alpha value is -0.380. The minimum atomic E-state index is 0.529. The summed E-state index contributed by atoms with van der Waals surface area (Å²) in [7, 11) is 0. The van der Waals surface area contributed by atoms with E-state index in [9.17, 15) is 0 Å². The Morgan fingerprint density at radius 2 is 2.27 bits per heavy atom. The van der Waals surface area contributed by atoms with Crippen molar-refractivity contribution in [3.05, 3.63) is 39.3 Å². The fourth-order valence-electron chi connectivity index (χ4n) is 1.29. The molecule has 0 spiro atoms. The average molecular weight is 303 g/mol. The normalized spacial score (nSPS) is 10.6. The minimum absolute atomic E-state index is 0.529. The molecular formula is C11H9BrClNS. The molecule has 1 nitrogen and oxygen atoms in total. The second-order valence-corrected chi connectivity index (χ2v) is 5.49. The third-order valence-electron chi connectivity index (χ3n) is 2.04. The molecule has 0 saturated carbocycles. The van der Waals surface area contributed by atoms with Gasteiger partial charge in [-0.25, -0.2) is 4.98 Å². The van der Waals surface area contributed by atoms with Crippen LogP contribution in [0.1, 0.15) is 10.4 Å². The number of thiazole rings is 1. The van der Waals surface area contributed by atoms with E-state index >= 15 is 0 Å². The van der Waals surface area contributed by atoms with Gasteiger partial charge in [-0.15, -0.1) is 22.9 Å². The Morgan fingerprint density at radius 1 is 1.47 bits per heavy atom. The second-order valence-electron chi connectivity index (χ2n) is 3.25. The van der Waals surface area contributed by atoms with Crippen molar-refractivity contribution in [1.29, 1.82) is 0 Å². The van der Waals surface area contributed by atoms with E-state index in [1.54, 1.807) is 11.3 Å². The van der Waals surface area contributed by atoms with Gasteiger partial charge in [0, 0.05) is 21.1 Å². The topological polar surface area (TPSA) is 12.9 Å². The van der Waals surface area contributed by atoms with E-state index in [0.29, 0.717) is 5.88 Å². The van der Waals surface area contributed by atoms with E-state index in [2.05, 4.69) is 46.0 Å². The molecule has 0 saturated heterocycles. The highest BCUT2D eigenvalue weighted by atomic mass is 79.9. The molecule has 2 rings (SSSR count). The second kappa shape index (κ2) is 4.64. The summed E-state index contributed by atoms with van der Waals surface area (Å²) in [4.78, 5) is 5.45. The first kappa shape index (κ1) is 11.1. The van der Waals surface area contributed by atoms with Gasteiger partial charge in [0.25, 0.3) is 0 Å². The summed E-state index contributed by atoms with van der Waals surface area (Å²) >= 11 is 10.9. The molecule has 0 amide bonds. The van der Waals surface area contributed by atoms with Gasteiger partial charge in [0.05, 0.1) is 5.88 Å². The van der Waals surface area contributed by atoms with E-state index in [4.69, 9.17) is 11.6 Å². The van der Waals surface area contributed by atoms with Crippen molar-refractivity contribution < 1.29 is 0 Å². The number of halogens is 2. The van der Waals surface area contributed by atoms with E-state index in [0.717, 1.165) is 19.9 Å². The molecule has 78 valence electrons. The monoisotopic (exact) mass is 301 g/mol. The lowest BCUT2D eigenvalue weighted by atomic mass is 10.2. The molecule has 0 N–H and O–H groups in total. The van der Waals surface area contributed by atoms with Crippen LogP contribution in [0.3, 0.4) is 0 Å². The number of benzene rings is 1. The molecule has 1 heterocycles. The molecule has 0 fully saturated rings. The molecule has 2 aromatic rings. The van der Waals surface area contributed by atoms with Crippen LogP contribution in [-0.4, -0.2) is 4.98 Å².